The summed E-state index contributed by atoms with van der Waals surface area (Å²) in [4.78, 5) is 23.7. The van der Waals surface area contributed by atoms with Crippen LogP contribution in [0.15, 0.2) is 73.3 Å². The molecule has 0 aliphatic rings. The fraction of sp³-hybridized carbons (Fsp3) is 0.182. The van der Waals surface area contributed by atoms with Crippen molar-refractivity contribution in [2.75, 3.05) is 13.2 Å². The van der Waals surface area contributed by atoms with Crippen LogP contribution in [0.1, 0.15) is 24.1 Å². The van der Waals surface area contributed by atoms with E-state index in [4.69, 9.17) is 9.47 Å². The van der Waals surface area contributed by atoms with Crippen LogP contribution >= 0.6 is 0 Å². The van der Waals surface area contributed by atoms with E-state index < -0.39 is 5.97 Å². The number of carbonyl (C=O) groups excluding carboxylic acids is 2. The van der Waals surface area contributed by atoms with Gasteiger partial charge in [-0.05, 0) is 36.3 Å². The quantitative estimate of drug-likeness (QED) is 0.418. The predicted octanol–water partition coefficient (Wildman–Crippen LogP) is 3.69. The molecule has 0 saturated heterocycles. The van der Waals surface area contributed by atoms with E-state index in [0.29, 0.717) is 6.61 Å². The molecule has 1 atom stereocenters. The molecule has 27 heavy (non-hydrogen) atoms. The highest BCUT2D eigenvalue weighted by Gasteiger charge is 2.10. The van der Waals surface area contributed by atoms with Gasteiger partial charge in [0.05, 0.1) is 6.04 Å². The van der Waals surface area contributed by atoms with Gasteiger partial charge in [-0.2, -0.15) is 0 Å². The second-order valence-electron chi connectivity index (χ2n) is 5.81. The Morgan fingerprint density at radius 2 is 1.81 bits per heavy atom. The number of hydrogen-bond donors (Lipinski definition) is 1. The van der Waals surface area contributed by atoms with E-state index >= 15 is 0 Å². The Morgan fingerprint density at radius 1 is 1.11 bits per heavy atom. The monoisotopic (exact) mass is 365 g/mol. The number of nitrogens with one attached hydrogen (secondary N) is 1. The molecule has 0 heterocycles. The first-order valence-corrected chi connectivity index (χ1v) is 8.61. The number of carbonyl (C=O) groups is 2. The summed E-state index contributed by atoms with van der Waals surface area (Å²) in [5, 5.41) is 2.79. The smallest absolute Gasteiger partial charge is 0.331 e. The van der Waals surface area contributed by atoms with Gasteiger partial charge >= 0.3 is 5.97 Å². The number of rotatable bonds is 9. The summed E-state index contributed by atoms with van der Waals surface area (Å²) in [6.07, 6.45) is 4.57. The van der Waals surface area contributed by atoms with Crippen LogP contribution in [-0.4, -0.2) is 25.1 Å². The van der Waals surface area contributed by atoms with Gasteiger partial charge in [-0.25, -0.2) is 4.79 Å². The van der Waals surface area contributed by atoms with Crippen LogP contribution in [0.3, 0.4) is 0 Å². The minimum absolute atomic E-state index is 0.158. The summed E-state index contributed by atoms with van der Waals surface area (Å²) in [5.74, 6) is -0.208. The molecule has 1 N–H and O–H groups in total. The van der Waals surface area contributed by atoms with Gasteiger partial charge in [-0.1, -0.05) is 55.1 Å². The third-order valence-electron chi connectivity index (χ3n) is 3.68. The van der Waals surface area contributed by atoms with Crippen LogP contribution in [-0.2, 0) is 14.3 Å². The molecule has 0 spiro atoms. The molecule has 0 saturated carbocycles. The summed E-state index contributed by atoms with van der Waals surface area (Å²) in [7, 11) is 0. The molecular weight excluding hydrogens is 342 g/mol. The zero-order valence-corrected chi connectivity index (χ0v) is 15.3. The van der Waals surface area contributed by atoms with Crippen LogP contribution in [0, 0.1) is 0 Å². The molecule has 0 fully saturated rings. The van der Waals surface area contributed by atoms with Crippen molar-refractivity contribution in [2.24, 2.45) is 0 Å². The summed E-state index contributed by atoms with van der Waals surface area (Å²) >= 11 is 0. The molecule has 5 heteroatoms. The summed E-state index contributed by atoms with van der Waals surface area (Å²) in [5.41, 5.74) is 1.80. The first-order chi connectivity index (χ1) is 13.1. The fourth-order valence-electron chi connectivity index (χ4n) is 2.29. The molecule has 2 aromatic carbocycles. The van der Waals surface area contributed by atoms with Gasteiger partial charge < -0.3 is 14.8 Å². The number of esters is 1. The molecule has 0 unspecified atom stereocenters. The predicted molar refractivity (Wildman–Crippen MR) is 105 cm³/mol. The molecule has 0 aromatic heterocycles. The average Bonchev–Trinajstić information content (AvgIpc) is 2.70. The SMILES string of the molecule is C=CCOc1ccc(/C=C/C(=O)OCC(=O)N[C@H](C)c2ccccc2)cc1. The van der Waals surface area contributed by atoms with Crippen LogP contribution in [0.25, 0.3) is 6.08 Å². The second kappa shape index (κ2) is 10.6. The highest BCUT2D eigenvalue weighted by molar-refractivity contribution is 5.89. The molecule has 140 valence electrons. The Kier molecular flexibility index (Phi) is 7.85. The third-order valence-corrected chi connectivity index (χ3v) is 3.68. The molecule has 0 bridgehead atoms. The van der Waals surface area contributed by atoms with E-state index in [9.17, 15) is 9.59 Å². The van der Waals surface area contributed by atoms with Gasteiger partial charge in [0.1, 0.15) is 12.4 Å². The van der Waals surface area contributed by atoms with E-state index in [1.54, 1.807) is 24.3 Å². The maximum atomic E-state index is 11.9. The minimum atomic E-state index is -0.579. The minimum Gasteiger partial charge on any atom is -0.490 e. The number of ether oxygens (including phenoxy) is 2. The summed E-state index contributed by atoms with van der Waals surface area (Å²) < 4.78 is 10.4. The van der Waals surface area contributed by atoms with Crippen molar-refractivity contribution < 1.29 is 19.1 Å². The zero-order valence-electron chi connectivity index (χ0n) is 15.3. The van der Waals surface area contributed by atoms with E-state index in [2.05, 4.69) is 11.9 Å². The Bertz CT molecular complexity index is 782. The lowest BCUT2D eigenvalue weighted by Crippen LogP contribution is -2.30. The summed E-state index contributed by atoms with van der Waals surface area (Å²) in [6, 6.07) is 16.6. The van der Waals surface area contributed by atoms with Crippen molar-refractivity contribution in [3.05, 3.63) is 84.5 Å². The van der Waals surface area contributed by atoms with Gasteiger partial charge in [0.25, 0.3) is 5.91 Å². The fourth-order valence-corrected chi connectivity index (χ4v) is 2.29. The lowest BCUT2D eigenvalue weighted by molar-refractivity contribution is -0.144. The number of amides is 1. The molecule has 0 radical (unpaired) electrons. The van der Waals surface area contributed by atoms with Gasteiger partial charge in [0.15, 0.2) is 6.61 Å². The normalized spacial score (nSPS) is 11.6. The van der Waals surface area contributed by atoms with Gasteiger partial charge in [0, 0.05) is 6.08 Å². The lowest BCUT2D eigenvalue weighted by Gasteiger charge is -2.13. The largest absolute Gasteiger partial charge is 0.490 e. The Balaban J connectivity index is 1.75. The molecule has 2 aromatic rings. The van der Waals surface area contributed by atoms with Crippen molar-refractivity contribution >= 4 is 18.0 Å². The van der Waals surface area contributed by atoms with Gasteiger partial charge in [-0.15, -0.1) is 0 Å². The molecule has 5 nitrogen and oxygen atoms in total. The van der Waals surface area contributed by atoms with Crippen LogP contribution in [0.2, 0.25) is 0 Å². The van der Waals surface area contributed by atoms with Gasteiger partial charge in [-0.3, -0.25) is 4.79 Å². The number of hydrogen-bond acceptors (Lipinski definition) is 4. The molecular formula is C22H23NO4. The molecule has 2 rings (SSSR count). The second-order valence-corrected chi connectivity index (χ2v) is 5.81. The van der Waals surface area contributed by atoms with Crippen molar-refractivity contribution in [1.82, 2.24) is 5.32 Å². The van der Waals surface area contributed by atoms with E-state index in [1.807, 2.05) is 49.4 Å². The van der Waals surface area contributed by atoms with Gasteiger partial charge in [0.2, 0.25) is 0 Å². The highest BCUT2D eigenvalue weighted by atomic mass is 16.5. The Labute approximate surface area is 159 Å². The maximum absolute atomic E-state index is 11.9. The van der Waals surface area contributed by atoms with Crippen molar-refractivity contribution in [3.8, 4) is 5.75 Å². The average molecular weight is 365 g/mol. The van der Waals surface area contributed by atoms with Crippen LogP contribution in [0.5, 0.6) is 5.75 Å². The van der Waals surface area contributed by atoms with Crippen molar-refractivity contribution in [1.29, 1.82) is 0 Å². The lowest BCUT2D eigenvalue weighted by atomic mass is 10.1. The molecule has 0 aliphatic carbocycles. The first kappa shape index (κ1) is 20.0. The van der Waals surface area contributed by atoms with Crippen LogP contribution < -0.4 is 10.1 Å². The Morgan fingerprint density at radius 3 is 2.48 bits per heavy atom. The van der Waals surface area contributed by atoms with Crippen molar-refractivity contribution in [3.63, 3.8) is 0 Å². The standard InChI is InChI=1S/C22H23NO4/c1-3-15-26-20-12-9-18(10-13-20)11-14-22(25)27-16-21(24)23-17(2)19-7-5-4-6-8-19/h3-14,17H,1,15-16H2,2H3,(H,23,24)/b14-11+/t17-/m1/s1. The molecule has 1 amide bonds. The number of benzene rings is 2. The first-order valence-electron chi connectivity index (χ1n) is 8.61. The van der Waals surface area contributed by atoms with E-state index in [0.717, 1.165) is 16.9 Å². The van der Waals surface area contributed by atoms with E-state index in [1.165, 1.54) is 6.08 Å². The zero-order chi connectivity index (χ0) is 19.5. The summed E-state index contributed by atoms with van der Waals surface area (Å²) in [6.45, 7) is 5.57. The Hall–Kier alpha value is -3.34. The van der Waals surface area contributed by atoms with E-state index in [-0.39, 0.29) is 18.6 Å². The van der Waals surface area contributed by atoms with Crippen molar-refractivity contribution in [2.45, 2.75) is 13.0 Å². The van der Waals surface area contributed by atoms with Crippen LogP contribution in [0.4, 0.5) is 0 Å². The third kappa shape index (κ3) is 7.20. The highest BCUT2D eigenvalue weighted by Crippen LogP contribution is 2.13. The maximum Gasteiger partial charge on any atom is 0.331 e. The molecule has 0 aliphatic heterocycles. The topological polar surface area (TPSA) is 64.6 Å².